The fourth-order valence-corrected chi connectivity index (χ4v) is 3.39. The number of aliphatic carboxylic acids is 1. The quantitative estimate of drug-likeness (QED) is 0.643. The van der Waals surface area contributed by atoms with Gasteiger partial charge in [0.05, 0.1) is 0 Å². The third-order valence-corrected chi connectivity index (χ3v) is 4.90. The van der Waals surface area contributed by atoms with Gasteiger partial charge in [-0.1, -0.05) is 11.8 Å². The van der Waals surface area contributed by atoms with Crippen LogP contribution in [0.25, 0.3) is 0 Å². The number of carbonyl (C=O) groups is 1. The molecule has 4 N–H and O–H groups in total. The molecule has 1 unspecified atom stereocenters. The lowest BCUT2D eigenvalue weighted by atomic mass is 9.98. The Hall–Kier alpha value is -1.28. The van der Waals surface area contributed by atoms with Crippen molar-refractivity contribution in [1.82, 2.24) is 14.8 Å². The molecule has 0 spiro atoms. The molecule has 0 aromatic carbocycles. The summed E-state index contributed by atoms with van der Waals surface area (Å²) in [5.41, 5.74) is 4.56. The molecule has 104 valence electrons. The minimum Gasteiger partial charge on any atom is -0.480 e. The summed E-state index contributed by atoms with van der Waals surface area (Å²) in [7, 11) is 0. The molecule has 1 aromatic heterocycles. The second-order valence-corrected chi connectivity index (χ2v) is 6.26. The average Bonchev–Trinajstić information content (AvgIpc) is 3.24. The van der Waals surface area contributed by atoms with Crippen LogP contribution in [-0.2, 0) is 4.79 Å². The van der Waals surface area contributed by atoms with Crippen molar-refractivity contribution in [3.63, 3.8) is 0 Å². The molecule has 0 saturated heterocycles. The van der Waals surface area contributed by atoms with Crippen molar-refractivity contribution in [2.24, 2.45) is 11.7 Å². The fourth-order valence-electron chi connectivity index (χ4n) is 2.18. The number of carboxylic acid groups (broad SMARTS) is 1. The molecule has 2 fully saturated rings. The van der Waals surface area contributed by atoms with Crippen LogP contribution in [0.1, 0.15) is 31.7 Å². The molecule has 0 aliphatic heterocycles. The highest BCUT2D eigenvalue weighted by molar-refractivity contribution is 7.99. The SMILES string of the molecule is NC(CSc1n[nH]c(=O)n1C1CC1)(C(=O)O)C1CC1. The van der Waals surface area contributed by atoms with Crippen LogP contribution in [0.2, 0.25) is 0 Å². The van der Waals surface area contributed by atoms with Crippen LogP contribution in [0, 0.1) is 5.92 Å². The summed E-state index contributed by atoms with van der Waals surface area (Å²) in [4.78, 5) is 22.9. The molecule has 0 bridgehead atoms. The summed E-state index contributed by atoms with van der Waals surface area (Å²) >= 11 is 1.25. The predicted octanol–water partition coefficient (Wildman–Crippen LogP) is 0.190. The predicted molar refractivity (Wildman–Crippen MR) is 69.1 cm³/mol. The smallest absolute Gasteiger partial charge is 0.344 e. The number of nitrogens with two attached hydrogens (primary N) is 1. The molecule has 2 aliphatic carbocycles. The molecule has 19 heavy (non-hydrogen) atoms. The van der Waals surface area contributed by atoms with Gasteiger partial charge in [0, 0.05) is 11.8 Å². The second-order valence-electron chi connectivity index (χ2n) is 5.32. The first kappa shape index (κ1) is 12.7. The van der Waals surface area contributed by atoms with Gasteiger partial charge in [-0.25, -0.2) is 9.89 Å². The zero-order chi connectivity index (χ0) is 13.6. The van der Waals surface area contributed by atoms with E-state index in [2.05, 4.69) is 10.2 Å². The van der Waals surface area contributed by atoms with E-state index < -0.39 is 11.5 Å². The number of aromatic amines is 1. The van der Waals surface area contributed by atoms with Gasteiger partial charge in [-0.05, 0) is 31.6 Å². The molecule has 1 atom stereocenters. The van der Waals surface area contributed by atoms with Gasteiger partial charge in [-0.15, -0.1) is 5.10 Å². The third kappa shape index (κ3) is 2.30. The molecule has 8 heteroatoms. The van der Waals surface area contributed by atoms with Crippen molar-refractivity contribution < 1.29 is 9.90 Å². The zero-order valence-corrected chi connectivity index (χ0v) is 11.2. The number of H-pyrrole nitrogens is 1. The Kier molecular flexibility index (Phi) is 2.94. The van der Waals surface area contributed by atoms with E-state index in [1.807, 2.05) is 0 Å². The Morgan fingerprint density at radius 2 is 2.21 bits per heavy atom. The molecular weight excluding hydrogens is 268 g/mol. The normalized spacial score (nSPS) is 22.2. The summed E-state index contributed by atoms with van der Waals surface area (Å²) in [5, 5.41) is 16.2. The van der Waals surface area contributed by atoms with Gasteiger partial charge in [-0.2, -0.15) is 0 Å². The molecule has 0 amide bonds. The zero-order valence-electron chi connectivity index (χ0n) is 10.3. The highest BCUT2D eigenvalue weighted by Gasteiger charge is 2.48. The molecule has 3 rings (SSSR count). The lowest BCUT2D eigenvalue weighted by Crippen LogP contribution is -2.52. The van der Waals surface area contributed by atoms with Crippen molar-refractivity contribution in [1.29, 1.82) is 0 Å². The molecule has 1 aromatic rings. The lowest BCUT2D eigenvalue weighted by molar-refractivity contribution is -0.143. The van der Waals surface area contributed by atoms with Crippen LogP contribution in [0.3, 0.4) is 0 Å². The summed E-state index contributed by atoms with van der Waals surface area (Å²) in [6, 6.07) is 0.215. The maximum absolute atomic E-state index is 11.6. The van der Waals surface area contributed by atoms with E-state index in [0.29, 0.717) is 5.16 Å². The molecule has 2 aliphatic rings. The van der Waals surface area contributed by atoms with E-state index in [0.717, 1.165) is 25.7 Å². The molecule has 2 saturated carbocycles. The Morgan fingerprint density at radius 1 is 1.53 bits per heavy atom. The number of thioether (sulfide) groups is 1. The lowest BCUT2D eigenvalue weighted by Gasteiger charge is -2.23. The van der Waals surface area contributed by atoms with Crippen LogP contribution in [0.5, 0.6) is 0 Å². The summed E-state index contributed by atoms with van der Waals surface area (Å²) in [6.07, 6.45) is 3.67. The van der Waals surface area contributed by atoms with Gasteiger partial charge in [-0.3, -0.25) is 9.36 Å². The van der Waals surface area contributed by atoms with E-state index in [1.165, 1.54) is 11.8 Å². The summed E-state index contributed by atoms with van der Waals surface area (Å²) in [5.74, 6) is -0.694. The van der Waals surface area contributed by atoms with Crippen molar-refractivity contribution in [3.05, 3.63) is 10.5 Å². The summed E-state index contributed by atoms with van der Waals surface area (Å²) < 4.78 is 1.61. The van der Waals surface area contributed by atoms with E-state index >= 15 is 0 Å². The van der Waals surface area contributed by atoms with Gasteiger partial charge < -0.3 is 10.8 Å². The molecular formula is C11H16N4O3S. The molecule has 1 heterocycles. The highest BCUT2D eigenvalue weighted by atomic mass is 32.2. The Morgan fingerprint density at radius 3 is 2.74 bits per heavy atom. The largest absolute Gasteiger partial charge is 0.480 e. The number of hydrogen-bond donors (Lipinski definition) is 3. The van der Waals surface area contributed by atoms with Gasteiger partial charge in [0.2, 0.25) is 0 Å². The van der Waals surface area contributed by atoms with Crippen LogP contribution in [-0.4, -0.2) is 37.1 Å². The van der Waals surface area contributed by atoms with Crippen LogP contribution in [0.15, 0.2) is 9.95 Å². The number of nitrogens with one attached hydrogen (secondary N) is 1. The van der Waals surface area contributed by atoms with E-state index in [4.69, 9.17) is 5.73 Å². The van der Waals surface area contributed by atoms with Crippen molar-refractivity contribution >= 4 is 17.7 Å². The fraction of sp³-hybridized carbons (Fsp3) is 0.727. The standard InChI is InChI=1S/C11H16N4O3S/c12-11(8(16)17,6-1-2-6)5-19-10-14-13-9(18)15(10)7-3-4-7/h6-7H,1-5,12H2,(H,13,18)(H,16,17). The van der Waals surface area contributed by atoms with E-state index in [9.17, 15) is 14.7 Å². The minimum absolute atomic E-state index is 0.0394. The van der Waals surface area contributed by atoms with Gasteiger partial charge in [0.1, 0.15) is 5.54 Å². The van der Waals surface area contributed by atoms with Crippen LogP contribution >= 0.6 is 11.8 Å². The monoisotopic (exact) mass is 284 g/mol. The number of rotatable bonds is 6. The highest BCUT2D eigenvalue weighted by Crippen LogP contribution is 2.42. The third-order valence-electron chi connectivity index (χ3n) is 3.73. The van der Waals surface area contributed by atoms with Crippen LogP contribution < -0.4 is 11.4 Å². The van der Waals surface area contributed by atoms with Gasteiger partial charge in [0.25, 0.3) is 0 Å². The Labute approximate surface area is 113 Å². The Balaban J connectivity index is 1.75. The number of nitrogens with zero attached hydrogens (tertiary/aromatic N) is 2. The molecule has 0 radical (unpaired) electrons. The average molecular weight is 284 g/mol. The van der Waals surface area contributed by atoms with Gasteiger partial charge in [0.15, 0.2) is 5.16 Å². The van der Waals surface area contributed by atoms with E-state index in [1.54, 1.807) is 4.57 Å². The second kappa shape index (κ2) is 4.38. The topological polar surface area (TPSA) is 114 Å². The van der Waals surface area contributed by atoms with Gasteiger partial charge >= 0.3 is 11.7 Å². The van der Waals surface area contributed by atoms with E-state index in [-0.39, 0.29) is 23.4 Å². The maximum Gasteiger partial charge on any atom is 0.344 e. The van der Waals surface area contributed by atoms with Crippen molar-refractivity contribution in [2.75, 3.05) is 5.75 Å². The first-order valence-corrected chi connectivity index (χ1v) is 7.33. The maximum atomic E-state index is 11.6. The number of carboxylic acids is 1. The molecule has 7 nitrogen and oxygen atoms in total. The Bertz CT molecular complexity index is 561. The minimum atomic E-state index is -1.21. The first-order chi connectivity index (χ1) is 9.02. The van der Waals surface area contributed by atoms with Crippen molar-refractivity contribution in [3.8, 4) is 0 Å². The number of aromatic nitrogens is 3. The number of hydrogen-bond acceptors (Lipinski definition) is 5. The first-order valence-electron chi connectivity index (χ1n) is 6.34. The van der Waals surface area contributed by atoms with Crippen molar-refractivity contribution in [2.45, 2.75) is 42.4 Å². The summed E-state index contributed by atoms with van der Waals surface area (Å²) in [6.45, 7) is 0. The van der Waals surface area contributed by atoms with Crippen LogP contribution in [0.4, 0.5) is 0 Å².